The van der Waals surface area contributed by atoms with E-state index in [1.54, 1.807) is 0 Å². The lowest BCUT2D eigenvalue weighted by Crippen LogP contribution is -2.28. The van der Waals surface area contributed by atoms with E-state index < -0.39 is 27.3 Å². The van der Waals surface area contributed by atoms with E-state index in [0.717, 1.165) is 12.1 Å². The van der Waals surface area contributed by atoms with Crippen molar-refractivity contribution in [2.75, 3.05) is 26.4 Å². The molecule has 8 nitrogen and oxygen atoms in total. The lowest BCUT2D eigenvalue weighted by atomic mass is 10.1. The van der Waals surface area contributed by atoms with Gasteiger partial charge in [0.1, 0.15) is 11.3 Å². The number of aryl methyl sites for hydroxylation is 1. The number of carbonyl (C=O) groups is 1. The number of sulfonamides is 1. The SMILES string of the molecule is Cc1cc(O)c(C(=O)O)cc1S(=O)(=O)NCCOCCO. The predicted octanol–water partition coefficient (Wildman–Crippen LogP) is -0.314. The molecule has 1 aromatic rings. The molecule has 0 atom stereocenters. The summed E-state index contributed by atoms with van der Waals surface area (Å²) in [6.07, 6.45) is 0. The number of carboxylic acids is 1. The Hall–Kier alpha value is -1.68. The van der Waals surface area contributed by atoms with Gasteiger partial charge in [-0.05, 0) is 24.6 Å². The van der Waals surface area contributed by atoms with Crippen LogP contribution in [0.1, 0.15) is 15.9 Å². The second-order valence-electron chi connectivity index (χ2n) is 4.17. The molecule has 9 heteroatoms. The van der Waals surface area contributed by atoms with Crippen molar-refractivity contribution in [1.29, 1.82) is 0 Å². The molecule has 118 valence electrons. The number of ether oxygens (including phenoxy) is 1. The van der Waals surface area contributed by atoms with Crippen LogP contribution in [0.2, 0.25) is 0 Å². The molecule has 0 bridgehead atoms. The number of phenols is 1. The molecule has 1 rings (SSSR count). The van der Waals surface area contributed by atoms with E-state index in [1.807, 2.05) is 0 Å². The average molecular weight is 319 g/mol. The second kappa shape index (κ2) is 7.36. The minimum atomic E-state index is -3.92. The third-order valence-corrected chi connectivity index (χ3v) is 4.19. The summed E-state index contributed by atoms with van der Waals surface area (Å²) in [5, 5.41) is 26.9. The van der Waals surface area contributed by atoms with E-state index in [9.17, 15) is 18.3 Å². The fourth-order valence-electron chi connectivity index (χ4n) is 1.63. The number of benzene rings is 1. The van der Waals surface area contributed by atoms with Crippen molar-refractivity contribution in [3.8, 4) is 5.75 Å². The van der Waals surface area contributed by atoms with Gasteiger partial charge < -0.3 is 20.1 Å². The number of aliphatic hydroxyl groups is 1. The Morgan fingerprint density at radius 1 is 1.33 bits per heavy atom. The van der Waals surface area contributed by atoms with Crippen molar-refractivity contribution in [3.05, 3.63) is 23.3 Å². The van der Waals surface area contributed by atoms with Gasteiger partial charge in [-0.1, -0.05) is 0 Å². The summed E-state index contributed by atoms with van der Waals surface area (Å²) in [7, 11) is -3.92. The van der Waals surface area contributed by atoms with Crippen LogP contribution in [0, 0.1) is 6.92 Å². The summed E-state index contributed by atoms with van der Waals surface area (Å²) in [6.45, 7) is 1.44. The van der Waals surface area contributed by atoms with Crippen molar-refractivity contribution in [2.24, 2.45) is 0 Å². The lowest BCUT2D eigenvalue weighted by Gasteiger charge is -2.11. The predicted molar refractivity (Wildman–Crippen MR) is 72.9 cm³/mol. The van der Waals surface area contributed by atoms with Gasteiger partial charge >= 0.3 is 5.97 Å². The van der Waals surface area contributed by atoms with Gasteiger partial charge in [0.05, 0.1) is 24.7 Å². The van der Waals surface area contributed by atoms with E-state index in [0.29, 0.717) is 0 Å². The highest BCUT2D eigenvalue weighted by molar-refractivity contribution is 7.89. The van der Waals surface area contributed by atoms with Gasteiger partial charge in [0.25, 0.3) is 0 Å². The molecule has 0 spiro atoms. The van der Waals surface area contributed by atoms with Crippen LogP contribution in [0.3, 0.4) is 0 Å². The van der Waals surface area contributed by atoms with Crippen LogP contribution < -0.4 is 4.72 Å². The molecule has 0 saturated heterocycles. The number of rotatable bonds is 8. The van der Waals surface area contributed by atoms with E-state index in [4.69, 9.17) is 14.9 Å². The summed E-state index contributed by atoms with van der Waals surface area (Å²) in [5.41, 5.74) is -0.265. The van der Waals surface area contributed by atoms with Crippen molar-refractivity contribution >= 4 is 16.0 Å². The molecule has 1 aromatic carbocycles. The van der Waals surface area contributed by atoms with Gasteiger partial charge in [0.2, 0.25) is 10.0 Å². The first-order valence-corrected chi connectivity index (χ1v) is 7.53. The summed E-state index contributed by atoms with van der Waals surface area (Å²) >= 11 is 0. The largest absolute Gasteiger partial charge is 0.507 e. The van der Waals surface area contributed by atoms with E-state index in [1.165, 1.54) is 6.92 Å². The van der Waals surface area contributed by atoms with Crippen LogP contribution in [0.25, 0.3) is 0 Å². The molecule has 0 aliphatic heterocycles. The van der Waals surface area contributed by atoms with Crippen molar-refractivity contribution in [3.63, 3.8) is 0 Å². The number of aliphatic hydroxyl groups excluding tert-OH is 1. The maximum Gasteiger partial charge on any atom is 0.339 e. The molecular weight excluding hydrogens is 302 g/mol. The molecule has 0 unspecified atom stereocenters. The average Bonchev–Trinajstić information content (AvgIpc) is 2.37. The number of nitrogens with one attached hydrogen (secondary N) is 1. The van der Waals surface area contributed by atoms with E-state index in [2.05, 4.69) is 4.72 Å². The highest BCUT2D eigenvalue weighted by Crippen LogP contribution is 2.25. The number of carboxylic acid groups (broad SMARTS) is 1. The summed E-state index contributed by atoms with van der Waals surface area (Å²) < 4.78 is 31.3. The van der Waals surface area contributed by atoms with Crippen LogP contribution in [0.15, 0.2) is 17.0 Å². The molecule has 0 fully saturated rings. The maximum absolute atomic E-state index is 12.1. The maximum atomic E-state index is 12.1. The van der Waals surface area contributed by atoms with Gasteiger partial charge in [0.15, 0.2) is 0 Å². The van der Waals surface area contributed by atoms with Crippen molar-refractivity contribution in [2.45, 2.75) is 11.8 Å². The minimum absolute atomic E-state index is 0.0228. The molecule has 0 saturated carbocycles. The number of aromatic carboxylic acids is 1. The van der Waals surface area contributed by atoms with Crippen molar-refractivity contribution in [1.82, 2.24) is 4.72 Å². The van der Waals surface area contributed by atoms with Crippen LogP contribution in [-0.4, -0.2) is 56.1 Å². The first kappa shape index (κ1) is 17.4. The first-order chi connectivity index (χ1) is 9.79. The van der Waals surface area contributed by atoms with Crippen molar-refractivity contribution < 1.29 is 33.3 Å². The van der Waals surface area contributed by atoms with Crippen LogP contribution >= 0.6 is 0 Å². The number of aromatic hydroxyl groups is 1. The van der Waals surface area contributed by atoms with Gasteiger partial charge in [-0.2, -0.15) is 0 Å². The Morgan fingerprint density at radius 2 is 2.00 bits per heavy atom. The molecule has 21 heavy (non-hydrogen) atoms. The molecule has 0 aromatic heterocycles. The van der Waals surface area contributed by atoms with Gasteiger partial charge in [0, 0.05) is 6.54 Å². The molecule has 4 N–H and O–H groups in total. The topological polar surface area (TPSA) is 133 Å². The first-order valence-electron chi connectivity index (χ1n) is 6.04. The van der Waals surface area contributed by atoms with E-state index in [-0.39, 0.29) is 36.8 Å². The Morgan fingerprint density at radius 3 is 2.57 bits per heavy atom. The van der Waals surface area contributed by atoms with Gasteiger partial charge in [-0.25, -0.2) is 17.9 Å². The van der Waals surface area contributed by atoms with E-state index >= 15 is 0 Å². The molecule has 0 aliphatic rings. The Bertz CT molecular complexity index is 612. The smallest absolute Gasteiger partial charge is 0.339 e. The molecule has 0 heterocycles. The summed E-state index contributed by atoms with van der Waals surface area (Å²) in [4.78, 5) is 10.7. The molecule has 0 aliphatic carbocycles. The Balaban J connectivity index is 2.92. The van der Waals surface area contributed by atoms with Crippen LogP contribution in [-0.2, 0) is 14.8 Å². The lowest BCUT2D eigenvalue weighted by molar-refractivity contribution is 0.0693. The second-order valence-corrected chi connectivity index (χ2v) is 5.91. The third kappa shape index (κ3) is 4.67. The van der Waals surface area contributed by atoms with Crippen LogP contribution in [0.4, 0.5) is 0 Å². The molecule has 0 amide bonds. The van der Waals surface area contributed by atoms with Gasteiger partial charge in [-0.15, -0.1) is 0 Å². The fourth-order valence-corrected chi connectivity index (χ4v) is 2.89. The normalized spacial score (nSPS) is 11.5. The zero-order chi connectivity index (χ0) is 16.0. The minimum Gasteiger partial charge on any atom is -0.507 e. The van der Waals surface area contributed by atoms with Gasteiger partial charge in [-0.3, -0.25) is 0 Å². The Labute approximate surface area is 122 Å². The fraction of sp³-hybridized carbons (Fsp3) is 0.417. The number of hydrogen-bond acceptors (Lipinski definition) is 6. The summed E-state index contributed by atoms with van der Waals surface area (Å²) in [5.74, 6) is -1.92. The zero-order valence-corrected chi connectivity index (χ0v) is 12.2. The summed E-state index contributed by atoms with van der Waals surface area (Å²) in [6, 6.07) is 1.99. The Kier molecular flexibility index (Phi) is 6.09. The monoisotopic (exact) mass is 319 g/mol. The third-order valence-electron chi connectivity index (χ3n) is 2.59. The zero-order valence-electron chi connectivity index (χ0n) is 11.4. The standard InChI is InChI=1S/C12H17NO7S/c1-8-6-10(15)9(12(16)17)7-11(8)21(18,19)13-2-4-20-5-3-14/h6-7,13-15H,2-5H2,1H3,(H,16,17). The highest BCUT2D eigenvalue weighted by atomic mass is 32.2. The molecule has 0 radical (unpaired) electrons. The number of hydrogen-bond donors (Lipinski definition) is 4. The molecular formula is C12H17NO7S. The highest BCUT2D eigenvalue weighted by Gasteiger charge is 2.21. The quantitative estimate of drug-likeness (QED) is 0.483. The van der Waals surface area contributed by atoms with Crippen LogP contribution in [0.5, 0.6) is 5.75 Å².